The van der Waals surface area contributed by atoms with E-state index in [1.165, 1.54) is 6.42 Å². The topological polar surface area (TPSA) is 148 Å². The number of rotatable bonds is 11. The van der Waals surface area contributed by atoms with Gasteiger partial charge in [-0.05, 0) is 6.42 Å². The summed E-state index contributed by atoms with van der Waals surface area (Å²) < 4.78 is 0. The van der Waals surface area contributed by atoms with Crippen LogP contribution in [0.25, 0.3) is 0 Å². The molecule has 1 saturated heterocycles. The van der Waals surface area contributed by atoms with Crippen LogP contribution in [-0.2, 0) is 24.0 Å². The minimum atomic E-state index is -0.907. The minimum Gasteiger partial charge on any atom is -0.480 e. The molecule has 1 rings (SSSR count). The number of unbranched alkanes of at least 4 members (excludes halogenated alkanes) is 3. The van der Waals surface area contributed by atoms with Gasteiger partial charge in [0, 0.05) is 45.8 Å². The van der Waals surface area contributed by atoms with E-state index >= 15 is 0 Å². The van der Waals surface area contributed by atoms with Crippen LogP contribution in [0.5, 0.6) is 0 Å². The molecule has 1 aliphatic heterocycles. The largest absolute Gasteiger partial charge is 0.480 e. The molecule has 0 aromatic heterocycles. The van der Waals surface area contributed by atoms with Crippen LogP contribution < -0.4 is 5.32 Å². The summed E-state index contributed by atoms with van der Waals surface area (Å²) in [5.41, 5.74) is 0. The first-order valence-corrected chi connectivity index (χ1v) is 10.2. The van der Waals surface area contributed by atoms with Crippen molar-refractivity contribution in [2.75, 3.05) is 65.4 Å². The highest BCUT2D eigenvalue weighted by Crippen LogP contribution is 2.01. The van der Waals surface area contributed by atoms with Crippen LogP contribution in [0.15, 0.2) is 0 Å². The van der Waals surface area contributed by atoms with E-state index in [-0.39, 0.29) is 31.7 Å². The zero-order valence-electron chi connectivity index (χ0n) is 17.7. The number of carboxylic acid groups (broad SMARTS) is 2. The molecule has 0 radical (unpaired) electrons. The lowest BCUT2D eigenvalue weighted by atomic mass is 10.2. The van der Waals surface area contributed by atoms with Crippen molar-refractivity contribution in [1.82, 2.24) is 20.0 Å². The monoisotopic (exact) mass is 430 g/mol. The predicted octanol–water partition coefficient (Wildman–Crippen LogP) is -0.812. The van der Waals surface area contributed by atoms with Gasteiger partial charge in [-0.2, -0.15) is 9.59 Å². The Bertz CT molecular complexity index is 525. The van der Waals surface area contributed by atoms with Gasteiger partial charge in [0.05, 0.1) is 19.6 Å². The van der Waals surface area contributed by atoms with E-state index in [4.69, 9.17) is 19.8 Å². The maximum Gasteiger partial charge on any atom is 0.373 e. The van der Waals surface area contributed by atoms with E-state index in [0.717, 1.165) is 19.3 Å². The van der Waals surface area contributed by atoms with Gasteiger partial charge in [-0.3, -0.25) is 29.1 Å². The fourth-order valence-corrected chi connectivity index (χ4v) is 3.08. The van der Waals surface area contributed by atoms with Gasteiger partial charge in [-0.15, -0.1) is 0 Å². The number of hydrogen-bond acceptors (Lipinski definition) is 8. The van der Waals surface area contributed by atoms with Gasteiger partial charge in [0.2, 0.25) is 5.91 Å². The lowest BCUT2D eigenvalue weighted by Gasteiger charge is -2.24. The summed E-state index contributed by atoms with van der Waals surface area (Å²) in [5, 5.41) is 21.0. The molecule has 30 heavy (non-hydrogen) atoms. The van der Waals surface area contributed by atoms with Crippen molar-refractivity contribution >= 4 is 24.0 Å². The van der Waals surface area contributed by atoms with E-state index < -0.39 is 11.9 Å². The molecular weight excluding hydrogens is 396 g/mol. The summed E-state index contributed by atoms with van der Waals surface area (Å²) in [6.07, 6.45) is 4.65. The van der Waals surface area contributed by atoms with Gasteiger partial charge in [-0.25, -0.2) is 0 Å². The molecule has 172 valence electrons. The Morgan fingerprint density at radius 2 is 1.17 bits per heavy atom. The van der Waals surface area contributed by atoms with Crippen LogP contribution in [0.4, 0.5) is 0 Å². The second kappa shape index (κ2) is 17.5. The number of nitrogens with one attached hydrogen (secondary N) is 1. The lowest BCUT2D eigenvalue weighted by Crippen LogP contribution is -2.43. The molecule has 1 aliphatic rings. The summed E-state index contributed by atoms with van der Waals surface area (Å²) in [6.45, 7) is 6.12. The summed E-state index contributed by atoms with van der Waals surface area (Å²) in [5.74, 6) is -1.86. The molecule has 0 spiro atoms. The van der Waals surface area contributed by atoms with Crippen LogP contribution in [0.2, 0.25) is 0 Å². The van der Waals surface area contributed by atoms with Crippen LogP contribution in [0, 0.1) is 0 Å². The maximum absolute atomic E-state index is 12.2. The number of carboxylic acids is 2. The van der Waals surface area contributed by atoms with Crippen molar-refractivity contribution in [1.29, 1.82) is 0 Å². The predicted molar refractivity (Wildman–Crippen MR) is 107 cm³/mol. The molecule has 1 amide bonds. The highest BCUT2D eigenvalue weighted by atomic mass is 16.4. The van der Waals surface area contributed by atoms with E-state index in [0.29, 0.717) is 45.8 Å². The van der Waals surface area contributed by atoms with Gasteiger partial charge >= 0.3 is 18.1 Å². The SMILES string of the molecule is CCCCCCNC(=O)CN1CCN(CC(=O)O)CCN(CC(=O)O)CC1.O=C=O. The number of hydrogen-bond donors (Lipinski definition) is 3. The molecule has 11 heteroatoms. The quantitative estimate of drug-likeness (QED) is 0.355. The first kappa shape index (κ1) is 27.7. The van der Waals surface area contributed by atoms with Gasteiger partial charge in [-0.1, -0.05) is 26.2 Å². The molecule has 0 aromatic rings. The summed E-state index contributed by atoms with van der Waals surface area (Å²) in [6, 6.07) is 0. The van der Waals surface area contributed by atoms with Crippen molar-refractivity contribution in [3.8, 4) is 0 Å². The van der Waals surface area contributed by atoms with Crippen LogP contribution >= 0.6 is 0 Å². The first-order chi connectivity index (χ1) is 14.3. The van der Waals surface area contributed by atoms with Crippen molar-refractivity contribution in [3.05, 3.63) is 0 Å². The molecule has 1 fully saturated rings. The van der Waals surface area contributed by atoms with Gasteiger partial charge in [0.25, 0.3) is 0 Å². The Hall–Kier alpha value is -2.33. The average Bonchev–Trinajstić information content (AvgIpc) is 2.74. The lowest BCUT2D eigenvalue weighted by molar-refractivity contribution is -0.191. The Kier molecular flexibility index (Phi) is 16.2. The summed E-state index contributed by atoms with van der Waals surface area (Å²) in [7, 11) is 0. The zero-order valence-corrected chi connectivity index (χ0v) is 17.7. The Labute approximate surface area is 177 Å². The van der Waals surface area contributed by atoms with Gasteiger partial charge in [0.15, 0.2) is 0 Å². The Morgan fingerprint density at radius 1 is 0.767 bits per heavy atom. The fraction of sp³-hybridized carbons (Fsp3) is 0.789. The van der Waals surface area contributed by atoms with Crippen molar-refractivity contribution in [2.24, 2.45) is 0 Å². The normalized spacial score (nSPS) is 16.2. The smallest absolute Gasteiger partial charge is 0.373 e. The average molecular weight is 431 g/mol. The molecule has 0 bridgehead atoms. The number of carbonyl (C=O) groups excluding carboxylic acids is 3. The Morgan fingerprint density at radius 3 is 1.53 bits per heavy atom. The van der Waals surface area contributed by atoms with Crippen LogP contribution in [0.3, 0.4) is 0 Å². The van der Waals surface area contributed by atoms with Crippen molar-refractivity contribution in [2.45, 2.75) is 32.6 Å². The molecular formula is C19H34N4O7. The molecule has 1 heterocycles. The zero-order chi connectivity index (χ0) is 22.8. The molecule has 0 aromatic carbocycles. The summed E-state index contributed by atoms with van der Waals surface area (Å²) >= 11 is 0. The molecule has 0 saturated carbocycles. The first-order valence-electron chi connectivity index (χ1n) is 10.2. The summed E-state index contributed by atoms with van der Waals surface area (Å²) in [4.78, 5) is 56.0. The maximum atomic E-state index is 12.2. The number of aliphatic carboxylic acids is 2. The third kappa shape index (κ3) is 15.6. The second-order valence-electron chi connectivity index (χ2n) is 7.11. The number of nitrogens with zero attached hydrogens (tertiary/aromatic N) is 3. The van der Waals surface area contributed by atoms with E-state index in [1.807, 2.05) is 4.90 Å². The standard InChI is InChI=1S/C18H34N4O5.CO2/c1-2-3-4-5-6-19-16(23)13-20-7-9-21(14-17(24)25)11-12-22(10-8-20)15-18(26)27;2-1-3/h2-15H2,1H3,(H,19,23)(H,24,25)(H,26,27);. The van der Waals surface area contributed by atoms with E-state index in [2.05, 4.69) is 12.2 Å². The third-order valence-corrected chi connectivity index (χ3v) is 4.63. The van der Waals surface area contributed by atoms with Crippen molar-refractivity contribution in [3.63, 3.8) is 0 Å². The highest BCUT2D eigenvalue weighted by Gasteiger charge is 2.20. The molecule has 0 unspecified atom stereocenters. The van der Waals surface area contributed by atoms with Crippen molar-refractivity contribution < 1.29 is 34.2 Å². The van der Waals surface area contributed by atoms with Gasteiger partial charge < -0.3 is 15.5 Å². The Balaban J connectivity index is 0.00000263. The number of amides is 1. The highest BCUT2D eigenvalue weighted by molar-refractivity contribution is 5.78. The molecule has 0 atom stereocenters. The fourth-order valence-electron chi connectivity index (χ4n) is 3.08. The third-order valence-electron chi connectivity index (χ3n) is 4.63. The van der Waals surface area contributed by atoms with Gasteiger partial charge in [0.1, 0.15) is 0 Å². The van der Waals surface area contributed by atoms with E-state index in [9.17, 15) is 14.4 Å². The second-order valence-corrected chi connectivity index (χ2v) is 7.11. The molecule has 3 N–H and O–H groups in total. The van der Waals surface area contributed by atoms with Crippen LogP contribution in [0.1, 0.15) is 32.6 Å². The minimum absolute atomic E-state index is 0.0414. The molecule has 11 nitrogen and oxygen atoms in total. The number of carbonyl (C=O) groups is 3. The van der Waals surface area contributed by atoms with E-state index in [1.54, 1.807) is 9.80 Å². The van der Waals surface area contributed by atoms with Crippen LogP contribution in [-0.4, -0.2) is 114 Å². The molecule has 0 aliphatic carbocycles.